The first-order chi connectivity index (χ1) is 9.69. The number of fused-ring (bicyclic) bond motifs is 1. The van der Waals surface area contributed by atoms with Crippen molar-refractivity contribution >= 4 is 39.3 Å². The first-order valence-electron chi connectivity index (χ1n) is 6.22. The second-order valence-corrected chi connectivity index (χ2v) is 5.95. The van der Waals surface area contributed by atoms with Gasteiger partial charge < -0.3 is 14.2 Å². The molecule has 1 atom stereocenters. The van der Waals surface area contributed by atoms with E-state index in [-0.39, 0.29) is 12.8 Å². The highest BCUT2D eigenvalue weighted by Crippen LogP contribution is 2.44. The Morgan fingerprint density at radius 2 is 2.00 bits per heavy atom. The molecule has 0 saturated carbocycles. The molecular formula is C12H16Cl2NO5S-. The molecule has 1 heterocycles. The lowest BCUT2D eigenvalue weighted by Gasteiger charge is -2.19. The Kier molecular flexibility index (Phi) is 6.55. The molecular weight excluding hydrogens is 341 g/mol. The summed E-state index contributed by atoms with van der Waals surface area (Å²) in [5, 5.41) is 1.22. The van der Waals surface area contributed by atoms with Gasteiger partial charge >= 0.3 is 0 Å². The lowest BCUT2D eigenvalue weighted by atomic mass is 10.3. The van der Waals surface area contributed by atoms with Crippen LogP contribution < -0.4 is 9.64 Å². The molecule has 0 spiro atoms. The van der Waals surface area contributed by atoms with Crippen LogP contribution in [0.3, 0.4) is 0 Å². The summed E-state index contributed by atoms with van der Waals surface area (Å²) in [7, 11) is -4.42. The molecule has 2 rings (SSSR count). The molecule has 0 aliphatic carbocycles. The van der Waals surface area contributed by atoms with Crippen molar-refractivity contribution < 1.29 is 21.9 Å². The Morgan fingerprint density at radius 1 is 1.38 bits per heavy atom. The molecule has 1 aliphatic rings. The summed E-state index contributed by atoms with van der Waals surface area (Å²) in [4.78, 5) is 2.12. The molecule has 21 heavy (non-hydrogen) atoms. The minimum absolute atomic E-state index is 0.0333. The normalized spacial score (nSPS) is 16.9. The average molecular weight is 357 g/mol. The number of anilines is 1. The molecule has 0 amide bonds. The number of ether oxygens (including phenoxy) is 1. The van der Waals surface area contributed by atoms with Gasteiger partial charge in [0.25, 0.3) is 0 Å². The first kappa shape index (κ1) is 18.3. The lowest BCUT2D eigenvalue weighted by Crippen LogP contribution is -2.31. The summed E-state index contributed by atoms with van der Waals surface area (Å²) in [6, 6.07) is 3.59. The molecule has 0 N–H and O–H groups in total. The fraction of sp³-hybridized carbons (Fsp3) is 0.500. The molecule has 6 nitrogen and oxygen atoms in total. The zero-order chi connectivity index (χ0) is 16.2. The number of halogens is 2. The van der Waals surface area contributed by atoms with Crippen molar-refractivity contribution in [1.82, 2.24) is 0 Å². The quantitative estimate of drug-likeness (QED) is 0.611. The van der Waals surface area contributed by atoms with Gasteiger partial charge in [-0.25, -0.2) is 8.42 Å². The molecule has 1 aromatic carbocycles. The topological polar surface area (TPSA) is 78.9 Å². The summed E-state index contributed by atoms with van der Waals surface area (Å²) in [6.45, 7) is 6.28. The highest BCUT2D eigenvalue weighted by molar-refractivity contribution is 7.80. The third-order valence-electron chi connectivity index (χ3n) is 2.63. The van der Waals surface area contributed by atoms with Gasteiger partial charge in [-0.15, -0.1) is 0 Å². The van der Waals surface area contributed by atoms with E-state index < -0.39 is 10.4 Å². The van der Waals surface area contributed by atoms with Gasteiger partial charge in [0.05, 0.1) is 17.3 Å². The van der Waals surface area contributed by atoms with Gasteiger partial charge in [0.2, 0.25) is 10.4 Å². The van der Waals surface area contributed by atoms with Crippen LogP contribution in [-0.4, -0.2) is 32.4 Å². The van der Waals surface area contributed by atoms with Gasteiger partial charge in [-0.2, -0.15) is 0 Å². The third kappa shape index (κ3) is 5.19. The highest BCUT2D eigenvalue weighted by atomic mass is 35.5. The molecule has 0 saturated heterocycles. The summed E-state index contributed by atoms with van der Waals surface area (Å²) in [6.07, 6.45) is 0.0333. The van der Waals surface area contributed by atoms with Crippen molar-refractivity contribution in [2.24, 2.45) is 0 Å². The number of hydrogen-bond donors (Lipinski definition) is 0. The van der Waals surface area contributed by atoms with Gasteiger partial charge in [0.1, 0.15) is 0 Å². The molecule has 0 bridgehead atoms. The fourth-order valence-corrected chi connectivity index (χ4v) is 2.69. The number of nitrogens with zero attached hydrogens (tertiary/aromatic N) is 1. The van der Waals surface area contributed by atoms with Crippen LogP contribution in [0.2, 0.25) is 10.0 Å². The number of hydrogen-bond acceptors (Lipinski definition) is 6. The van der Waals surface area contributed by atoms with E-state index in [4.69, 9.17) is 27.9 Å². The van der Waals surface area contributed by atoms with E-state index in [1.165, 1.54) is 6.92 Å². The Hall–Kier alpha value is -0.730. The Labute approximate surface area is 134 Å². The maximum Gasteiger partial charge on any atom is 0.217 e. The monoisotopic (exact) mass is 356 g/mol. The molecule has 1 aliphatic heterocycles. The number of rotatable bonds is 3. The van der Waals surface area contributed by atoms with E-state index in [0.717, 1.165) is 18.0 Å². The molecule has 9 heteroatoms. The maximum absolute atomic E-state index is 9.45. The highest BCUT2D eigenvalue weighted by Gasteiger charge is 2.28. The van der Waals surface area contributed by atoms with Crippen molar-refractivity contribution in [3.05, 3.63) is 22.2 Å². The van der Waals surface area contributed by atoms with Crippen LogP contribution in [0.25, 0.3) is 0 Å². The zero-order valence-corrected chi connectivity index (χ0v) is 14.1. The SMILES string of the molecule is CCN1c2cc(Cl)cc(Cl)c2OC1C.CCOS(=O)(=O)[O-]. The number of benzene rings is 1. The van der Waals surface area contributed by atoms with Gasteiger partial charge in [0.15, 0.2) is 12.0 Å². The van der Waals surface area contributed by atoms with Crippen LogP contribution in [0.4, 0.5) is 5.69 Å². The molecule has 1 unspecified atom stereocenters. The van der Waals surface area contributed by atoms with E-state index in [1.807, 2.05) is 13.0 Å². The summed E-state index contributed by atoms with van der Waals surface area (Å²) in [5.41, 5.74) is 0.984. The van der Waals surface area contributed by atoms with Crippen molar-refractivity contribution in [2.75, 3.05) is 18.1 Å². The van der Waals surface area contributed by atoms with Crippen LogP contribution in [0.15, 0.2) is 12.1 Å². The van der Waals surface area contributed by atoms with E-state index in [2.05, 4.69) is 16.0 Å². The van der Waals surface area contributed by atoms with E-state index >= 15 is 0 Å². The van der Waals surface area contributed by atoms with E-state index in [1.54, 1.807) is 6.07 Å². The Morgan fingerprint density at radius 3 is 2.43 bits per heavy atom. The standard InChI is InChI=1S/C10H11Cl2NO.C2H6O4S/c1-3-13-6(2)14-10-8(12)4-7(11)5-9(10)13;1-2-6-7(3,4)5/h4-6H,3H2,1-2H3;2H2,1H3,(H,3,4,5)/p-1. The van der Waals surface area contributed by atoms with Crippen LogP contribution in [0.1, 0.15) is 20.8 Å². The van der Waals surface area contributed by atoms with Gasteiger partial charge in [0, 0.05) is 11.6 Å². The summed E-state index contributed by atoms with van der Waals surface area (Å²) >= 11 is 12.0. The van der Waals surface area contributed by atoms with Crippen LogP contribution >= 0.6 is 23.2 Å². The third-order valence-corrected chi connectivity index (χ3v) is 3.65. The molecule has 120 valence electrons. The van der Waals surface area contributed by atoms with E-state index in [9.17, 15) is 13.0 Å². The molecule has 0 radical (unpaired) electrons. The lowest BCUT2D eigenvalue weighted by molar-refractivity contribution is 0.246. The second kappa shape index (κ2) is 7.51. The van der Waals surface area contributed by atoms with Crippen LogP contribution in [0.5, 0.6) is 5.75 Å². The predicted molar refractivity (Wildman–Crippen MR) is 80.9 cm³/mol. The van der Waals surface area contributed by atoms with Crippen molar-refractivity contribution in [3.8, 4) is 5.75 Å². The van der Waals surface area contributed by atoms with Crippen LogP contribution in [0, 0.1) is 0 Å². The Bertz CT molecular complexity index is 594. The van der Waals surface area contributed by atoms with Crippen molar-refractivity contribution in [2.45, 2.75) is 27.0 Å². The maximum atomic E-state index is 9.45. The van der Waals surface area contributed by atoms with Crippen LogP contribution in [-0.2, 0) is 14.6 Å². The van der Waals surface area contributed by atoms with Gasteiger partial charge in [-0.3, -0.25) is 4.18 Å². The second-order valence-electron chi connectivity index (χ2n) is 4.05. The largest absolute Gasteiger partial charge is 0.726 e. The Balaban J connectivity index is 0.000000270. The first-order valence-corrected chi connectivity index (χ1v) is 8.31. The van der Waals surface area contributed by atoms with Gasteiger partial charge in [-0.05, 0) is 32.9 Å². The fourth-order valence-electron chi connectivity index (χ4n) is 1.88. The predicted octanol–water partition coefficient (Wildman–Crippen LogP) is 3.04. The average Bonchev–Trinajstić information content (AvgIpc) is 2.64. The van der Waals surface area contributed by atoms with Gasteiger partial charge in [-0.1, -0.05) is 23.2 Å². The summed E-state index contributed by atoms with van der Waals surface area (Å²) < 4.78 is 37.6. The van der Waals surface area contributed by atoms with Crippen molar-refractivity contribution in [3.63, 3.8) is 0 Å². The molecule has 1 aromatic rings. The minimum Gasteiger partial charge on any atom is -0.726 e. The van der Waals surface area contributed by atoms with Crippen molar-refractivity contribution in [1.29, 1.82) is 0 Å². The molecule has 0 fully saturated rings. The van der Waals surface area contributed by atoms with E-state index in [0.29, 0.717) is 10.0 Å². The zero-order valence-electron chi connectivity index (χ0n) is 11.8. The minimum atomic E-state index is -4.42. The molecule has 0 aromatic heterocycles. The smallest absolute Gasteiger partial charge is 0.217 e. The summed E-state index contributed by atoms with van der Waals surface area (Å²) in [5.74, 6) is 0.741.